The minimum absolute atomic E-state index is 0.0221. The molecular formula is C13H26ClN. The van der Waals surface area contributed by atoms with Gasteiger partial charge < -0.3 is 0 Å². The number of hydrogen-bond acceptors (Lipinski definition) is 1. The second-order valence-corrected chi connectivity index (χ2v) is 6.06. The highest BCUT2D eigenvalue weighted by Crippen LogP contribution is 2.30. The number of aliphatic imine (C=N–C) groups is 1. The van der Waals surface area contributed by atoms with Crippen molar-refractivity contribution in [1.82, 2.24) is 0 Å². The lowest BCUT2D eigenvalue weighted by atomic mass is 9.92. The summed E-state index contributed by atoms with van der Waals surface area (Å²) in [4.78, 5) is 4.49. The maximum absolute atomic E-state index is 6.67. The van der Waals surface area contributed by atoms with Gasteiger partial charge in [-0.05, 0) is 40.5 Å². The van der Waals surface area contributed by atoms with Crippen LogP contribution >= 0.6 is 11.6 Å². The predicted octanol–water partition coefficient (Wildman–Crippen LogP) is 4.82. The summed E-state index contributed by atoms with van der Waals surface area (Å²) in [5.41, 5.74) is 1.08. The van der Waals surface area contributed by atoms with Crippen LogP contribution in [0.25, 0.3) is 0 Å². The van der Waals surface area contributed by atoms with Gasteiger partial charge in [0.2, 0.25) is 0 Å². The van der Waals surface area contributed by atoms with Crippen molar-refractivity contribution in [3.05, 3.63) is 0 Å². The predicted molar refractivity (Wildman–Crippen MR) is 71.3 cm³/mol. The Bertz CT molecular complexity index is 207. The summed E-state index contributed by atoms with van der Waals surface area (Å²) in [7, 11) is 0. The number of rotatable bonds is 5. The lowest BCUT2D eigenvalue weighted by Gasteiger charge is -2.28. The molecule has 90 valence electrons. The third-order valence-corrected chi connectivity index (χ3v) is 3.10. The van der Waals surface area contributed by atoms with Crippen molar-refractivity contribution < 1.29 is 0 Å². The number of nitrogens with zero attached hydrogens (tertiary/aromatic N) is 1. The Morgan fingerprint density at radius 2 is 1.47 bits per heavy atom. The molecule has 0 aromatic rings. The van der Waals surface area contributed by atoms with Crippen LogP contribution in [0.4, 0.5) is 0 Å². The molecule has 0 spiro atoms. The first-order valence-electron chi connectivity index (χ1n) is 6.01. The highest BCUT2D eigenvalue weighted by molar-refractivity contribution is 6.35. The summed E-state index contributed by atoms with van der Waals surface area (Å²) < 4.78 is 0. The van der Waals surface area contributed by atoms with Crippen LogP contribution in [0.3, 0.4) is 0 Å². The van der Waals surface area contributed by atoms with Gasteiger partial charge in [0.1, 0.15) is 0 Å². The summed E-state index contributed by atoms with van der Waals surface area (Å²) in [6.07, 6.45) is 4.27. The van der Waals surface area contributed by atoms with E-state index in [-0.39, 0.29) is 10.4 Å². The van der Waals surface area contributed by atoms with Gasteiger partial charge in [-0.3, -0.25) is 4.99 Å². The molecule has 0 fully saturated rings. The molecular weight excluding hydrogens is 206 g/mol. The molecule has 0 aromatic heterocycles. The van der Waals surface area contributed by atoms with Gasteiger partial charge in [-0.15, -0.1) is 11.6 Å². The maximum Gasteiger partial charge on any atom is 0.0819 e. The Hall–Kier alpha value is -0.0400. The summed E-state index contributed by atoms with van der Waals surface area (Å²) in [6, 6.07) is 0. The first kappa shape index (κ1) is 15.0. The van der Waals surface area contributed by atoms with E-state index in [0.29, 0.717) is 0 Å². The lowest BCUT2D eigenvalue weighted by Crippen LogP contribution is -2.32. The molecule has 0 saturated heterocycles. The van der Waals surface area contributed by atoms with Gasteiger partial charge in [-0.1, -0.05) is 26.7 Å². The maximum atomic E-state index is 6.67. The SMILES string of the molecule is CCCC(Cl)(CCC)C(C)=NC(C)(C)C. The molecule has 0 bridgehead atoms. The average Bonchev–Trinajstić information content (AvgIpc) is 2.01. The molecule has 0 amide bonds. The number of hydrogen-bond donors (Lipinski definition) is 0. The van der Waals surface area contributed by atoms with Gasteiger partial charge in [0.05, 0.1) is 10.4 Å². The van der Waals surface area contributed by atoms with Crippen molar-refractivity contribution in [1.29, 1.82) is 0 Å². The van der Waals surface area contributed by atoms with Crippen LogP contribution in [0.5, 0.6) is 0 Å². The molecule has 15 heavy (non-hydrogen) atoms. The Kier molecular flexibility index (Phi) is 5.87. The summed E-state index contributed by atoms with van der Waals surface area (Å²) in [5.74, 6) is 0. The largest absolute Gasteiger partial charge is 0.287 e. The topological polar surface area (TPSA) is 12.4 Å². The summed E-state index contributed by atoms with van der Waals surface area (Å²) in [5, 5.41) is 0. The standard InChI is InChI=1S/C13H26ClN/c1-7-9-13(14,10-8-2)11(3)15-12(4,5)6/h7-10H2,1-6H3. The van der Waals surface area contributed by atoms with E-state index in [9.17, 15) is 0 Å². The normalized spacial score (nSPS) is 14.5. The van der Waals surface area contributed by atoms with Crippen LogP contribution in [0, 0.1) is 0 Å². The molecule has 0 saturated carbocycles. The minimum Gasteiger partial charge on any atom is -0.287 e. The third kappa shape index (κ3) is 5.55. The van der Waals surface area contributed by atoms with Crippen LogP contribution < -0.4 is 0 Å². The molecule has 0 unspecified atom stereocenters. The molecule has 0 rings (SSSR count). The van der Waals surface area contributed by atoms with Crippen molar-refractivity contribution in [3.63, 3.8) is 0 Å². The molecule has 0 aliphatic heterocycles. The Balaban J connectivity index is 4.83. The van der Waals surface area contributed by atoms with Crippen LogP contribution in [0.15, 0.2) is 4.99 Å². The quantitative estimate of drug-likeness (QED) is 0.475. The minimum atomic E-state index is -0.212. The fraction of sp³-hybridized carbons (Fsp3) is 0.923. The zero-order valence-corrected chi connectivity index (χ0v) is 11.9. The van der Waals surface area contributed by atoms with Gasteiger partial charge in [0, 0.05) is 5.71 Å². The molecule has 0 radical (unpaired) electrons. The van der Waals surface area contributed by atoms with Crippen molar-refractivity contribution in [2.24, 2.45) is 4.99 Å². The molecule has 0 aromatic carbocycles. The third-order valence-electron chi connectivity index (χ3n) is 2.44. The number of halogens is 1. The van der Waals surface area contributed by atoms with E-state index < -0.39 is 0 Å². The molecule has 0 aliphatic rings. The zero-order chi connectivity index (χ0) is 12.1. The molecule has 0 atom stereocenters. The fourth-order valence-electron chi connectivity index (χ4n) is 1.88. The Labute approximate surface area is 100 Å². The molecule has 0 heterocycles. The van der Waals surface area contributed by atoms with Gasteiger partial charge in [-0.2, -0.15) is 0 Å². The van der Waals surface area contributed by atoms with Gasteiger partial charge >= 0.3 is 0 Å². The highest BCUT2D eigenvalue weighted by atomic mass is 35.5. The molecule has 1 nitrogen and oxygen atoms in total. The van der Waals surface area contributed by atoms with Crippen LogP contribution in [-0.4, -0.2) is 16.1 Å². The van der Waals surface area contributed by atoms with E-state index in [2.05, 4.69) is 41.5 Å². The fourth-order valence-corrected chi connectivity index (χ4v) is 2.30. The first-order chi connectivity index (χ1) is 6.75. The van der Waals surface area contributed by atoms with Gasteiger partial charge in [0.15, 0.2) is 0 Å². The van der Waals surface area contributed by atoms with Crippen molar-refractivity contribution in [2.75, 3.05) is 0 Å². The van der Waals surface area contributed by atoms with Gasteiger partial charge in [-0.25, -0.2) is 0 Å². The van der Waals surface area contributed by atoms with Crippen LogP contribution in [-0.2, 0) is 0 Å². The van der Waals surface area contributed by atoms with E-state index in [1.165, 1.54) is 0 Å². The molecule has 0 N–H and O–H groups in total. The van der Waals surface area contributed by atoms with Gasteiger partial charge in [0.25, 0.3) is 0 Å². The Morgan fingerprint density at radius 3 is 1.73 bits per heavy atom. The van der Waals surface area contributed by atoms with Crippen LogP contribution in [0.1, 0.15) is 67.2 Å². The molecule has 2 heteroatoms. The first-order valence-corrected chi connectivity index (χ1v) is 6.39. The van der Waals surface area contributed by atoms with E-state index in [4.69, 9.17) is 16.6 Å². The molecule has 0 aliphatic carbocycles. The summed E-state index contributed by atoms with van der Waals surface area (Å²) >= 11 is 6.67. The summed E-state index contributed by atoms with van der Waals surface area (Å²) in [6.45, 7) is 12.8. The lowest BCUT2D eigenvalue weighted by molar-refractivity contribution is 0.550. The smallest absolute Gasteiger partial charge is 0.0819 e. The van der Waals surface area contributed by atoms with E-state index in [1.807, 2.05) is 0 Å². The van der Waals surface area contributed by atoms with Crippen LogP contribution in [0.2, 0.25) is 0 Å². The second-order valence-electron chi connectivity index (χ2n) is 5.33. The van der Waals surface area contributed by atoms with Crippen molar-refractivity contribution >= 4 is 17.3 Å². The monoisotopic (exact) mass is 231 g/mol. The zero-order valence-electron chi connectivity index (χ0n) is 11.2. The number of alkyl halides is 1. The second kappa shape index (κ2) is 5.89. The van der Waals surface area contributed by atoms with E-state index in [0.717, 1.165) is 31.4 Å². The van der Waals surface area contributed by atoms with Crippen molar-refractivity contribution in [3.8, 4) is 0 Å². The highest BCUT2D eigenvalue weighted by Gasteiger charge is 2.29. The van der Waals surface area contributed by atoms with E-state index in [1.54, 1.807) is 0 Å². The average molecular weight is 232 g/mol. The van der Waals surface area contributed by atoms with E-state index >= 15 is 0 Å². The van der Waals surface area contributed by atoms with Crippen molar-refractivity contribution in [2.45, 2.75) is 77.6 Å². The Morgan fingerprint density at radius 1 is 1.07 bits per heavy atom.